The van der Waals surface area contributed by atoms with Gasteiger partial charge in [0.2, 0.25) is 0 Å². The summed E-state index contributed by atoms with van der Waals surface area (Å²) in [6.45, 7) is -0.157. The average molecular weight is 222 g/mol. The van der Waals surface area contributed by atoms with Crippen molar-refractivity contribution in [2.45, 2.75) is 12.5 Å². The molecule has 0 heterocycles. The molecule has 1 atom stereocenters. The molecule has 3 N–H and O–H groups in total. The highest BCUT2D eigenvalue weighted by Gasteiger charge is 2.16. The summed E-state index contributed by atoms with van der Waals surface area (Å²) in [6.07, 6.45) is 0.207. The van der Waals surface area contributed by atoms with E-state index in [1.54, 1.807) is 0 Å². The maximum absolute atomic E-state index is 13.3. The molecule has 0 bridgehead atoms. The highest BCUT2D eigenvalue weighted by Crippen LogP contribution is 2.26. The van der Waals surface area contributed by atoms with Crippen LogP contribution in [0.4, 0.5) is 8.78 Å². The van der Waals surface area contributed by atoms with Gasteiger partial charge < -0.3 is 10.8 Å². The molecule has 5 heteroatoms. The van der Waals surface area contributed by atoms with E-state index in [1.807, 2.05) is 0 Å². The van der Waals surface area contributed by atoms with Gasteiger partial charge in [-0.1, -0.05) is 17.7 Å². The number of halogens is 3. The van der Waals surface area contributed by atoms with Crippen molar-refractivity contribution >= 4 is 11.6 Å². The molecule has 1 aromatic carbocycles. The van der Waals surface area contributed by atoms with Gasteiger partial charge in [-0.3, -0.25) is 0 Å². The number of benzene rings is 1. The Balaban J connectivity index is 3.04. The van der Waals surface area contributed by atoms with Gasteiger partial charge >= 0.3 is 0 Å². The number of hydrogen-bond donors (Lipinski definition) is 2. The summed E-state index contributed by atoms with van der Waals surface area (Å²) in [6, 6.07) is 1.62. The zero-order valence-corrected chi connectivity index (χ0v) is 8.06. The van der Waals surface area contributed by atoms with Crippen molar-refractivity contribution in [1.29, 1.82) is 0 Å². The molecule has 0 amide bonds. The van der Waals surface area contributed by atoms with Gasteiger partial charge in [-0.2, -0.15) is 0 Å². The van der Waals surface area contributed by atoms with Crippen LogP contribution in [0.1, 0.15) is 18.0 Å². The van der Waals surface area contributed by atoms with Crippen LogP contribution in [0.25, 0.3) is 0 Å². The molecular weight excluding hydrogens is 212 g/mol. The monoisotopic (exact) mass is 221 g/mol. The summed E-state index contributed by atoms with van der Waals surface area (Å²) in [5.74, 6) is -1.67. The molecule has 1 unspecified atom stereocenters. The van der Waals surface area contributed by atoms with Crippen LogP contribution in [0.2, 0.25) is 5.02 Å². The lowest BCUT2D eigenvalue weighted by atomic mass is 10.0. The molecule has 0 fully saturated rings. The summed E-state index contributed by atoms with van der Waals surface area (Å²) in [5.41, 5.74) is 5.66. The van der Waals surface area contributed by atoms with Crippen LogP contribution in [-0.4, -0.2) is 11.7 Å². The van der Waals surface area contributed by atoms with E-state index in [0.717, 1.165) is 6.07 Å². The average Bonchev–Trinajstić information content (AvgIpc) is 2.15. The number of nitrogens with two attached hydrogens (primary N) is 1. The van der Waals surface area contributed by atoms with Crippen LogP contribution in [0, 0.1) is 11.6 Å². The Hall–Kier alpha value is -0.710. The second-order valence-electron chi connectivity index (χ2n) is 2.88. The van der Waals surface area contributed by atoms with Crippen molar-refractivity contribution in [3.05, 3.63) is 34.4 Å². The summed E-state index contributed by atoms with van der Waals surface area (Å²) in [7, 11) is 0. The highest BCUT2D eigenvalue weighted by atomic mass is 35.5. The Bertz CT molecular complexity index is 333. The third-order valence-corrected chi connectivity index (χ3v) is 2.25. The number of hydrogen-bond acceptors (Lipinski definition) is 2. The second kappa shape index (κ2) is 4.68. The normalized spacial score (nSPS) is 12.9. The quantitative estimate of drug-likeness (QED) is 0.767. The van der Waals surface area contributed by atoms with E-state index in [-0.39, 0.29) is 18.6 Å². The Labute approximate surface area is 85.3 Å². The van der Waals surface area contributed by atoms with Crippen LogP contribution in [0.15, 0.2) is 12.1 Å². The van der Waals surface area contributed by atoms with E-state index < -0.39 is 22.7 Å². The fourth-order valence-corrected chi connectivity index (χ4v) is 1.29. The molecule has 78 valence electrons. The Morgan fingerprint density at radius 1 is 1.43 bits per heavy atom. The smallest absolute Gasteiger partial charge is 0.149 e. The molecule has 0 aromatic heterocycles. The van der Waals surface area contributed by atoms with Crippen molar-refractivity contribution < 1.29 is 13.9 Å². The van der Waals surface area contributed by atoms with Crippen LogP contribution in [0.5, 0.6) is 0 Å². The van der Waals surface area contributed by atoms with Crippen molar-refractivity contribution in [3.8, 4) is 0 Å². The minimum absolute atomic E-state index is 0.116. The van der Waals surface area contributed by atoms with Gasteiger partial charge in [0.25, 0.3) is 0 Å². The Kier molecular flexibility index (Phi) is 3.80. The summed E-state index contributed by atoms with van der Waals surface area (Å²) >= 11 is 5.36. The molecule has 0 saturated carbocycles. The van der Waals surface area contributed by atoms with E-state index in [9.17, 15) is 8.78 Å². The lowest BCUT2D eigenvalue weighted by Crippen LogP contribution is -2.14. The number of aliphatic hydroxyl groups is 1. The highest BCUT2D eigenvalue weighted by molar-refractivity contribution is 6.30. The zero-order valence-electron chi connectivity index (χ0n) is 7.30. The van der Waals surface area contributed by atoms with Gasteiger partial charge in [0.15, 0.2) is 0 Å². The Morgan fingerprint density at radius 2 is 2.07 bits per heavy atom. The SMILES string of the molecule is NC(CCO)c1ccc(F)c(Cl)c1F. The van der Waals surface area contributed by atoms with Gasteiger partial charge in [0, 0.05) is 18.2 Å². The van der Waals surface area contributed by atoms with Crippen LogP contribution in [-0.2, 0) is 0 Å². The Morgan fingerprint density at radius 3 is 2.64 bits per heavy atom. The van der Waals surface area contributed by atoms with E-state index in [4.69, 9.17) is 22.4 Å². The largest absolute Gasteiger partial charge is 0.396 e. The first-order valence-electron chi connectivity index (χ1n) is 4.07. The third-order valence-electron chi connectivity index (χ3n) is 1.90. The van der Waals surface area contributed by atoms with Crippen LogP contribution in [0.3, 0.4) is 0 Å². The number of rotatable bonds is 3. The summed E-state index contributed by atoms with van der Waals surface area (Å²) < 4.78 is 26.0. The molecule has 0 spiro atoms. The molecule has 0 aliphatic heterocycles. The standard InChI is InChI=1S/C9H10ClF2NO/c10-8-6(11)2-1-5(9(8)12)7(13)3-4-14/h1-2,7,14H,3-4,13H2. The fraction of sp³-hybridized carbons (Fsp3) is 0.333. The molecule has 0 radical (unpaired) electrons. The molecule has 1 aromatic rings. The predicted octanol–water partition coefficient (Wildman–Crippen LogP) is 2.00. The number of aliphatic hydroxyl groups excluding tert-OH is 1. The lowest BCUT2D eigenvalue weighted by molar-refractivity contribution is 0.275. The van der Waals surface area contributed by atoms with Crippen molar-refractivity contribution in [3.63, 3.8) is 0 Å². The van der Waals surface area contributed by atoms with Gasteiger partial charge in [0.1, 0.15) is 16.7 Å². The lowest BCUT2D eigenvalue weighted by Gasteiger charge is -2.12. The summed E-state index contributed by atoms with van der Waals surface area (Å²) in [5, 5.41) is 8.04. The van der Waals surface area contributed by atoms with E-state index >= 15 is 0 Å². The van der Waals surface area contributed by atoms with E-state index in [1.165, 1.54) is 6.07 Å². The first-order valence-corrected chi connectivity index (χ1v) is 4.45. The maximum Gasteiger partial charge on any atom is 0.149 e. The van der Waals surface area contributed by atoms with Gasteiger partial charge in [-0.15, -0.1) is 0 Å². The minimum atomic E-state index is -0.854. The van der Waals surface area contributed by atoms with Crippen LogP contribution < -0.4 is 5.73 Å². The molecule has 1 rings (SSSR count). The van der Waals surface area contributed by atoms with Crippen molar-refractivity contribution in [2.24, 2.45) is 5.73 Å². The van der Waals surface area contributed by atoms with E-state index in [0.29, 0.717) is 0 Å². The first kappa shape index (κ1) is 11.4. The molecule has 0 aliphatic carbocycles. The topological polar surface area (TPSA) is 46.2 Å². The molecular formula is C9H10ClF2NO. The zero-order chi connectivity index (χ0) is 10.7. The van der Waals surface area contributed by atoms with Crippen molar-refractivity contribution in [1.82, 2.24) is 0 Å². The first-order chi connectivity index (χ1) is 6.57. The molecule has 2 nitrogen and oxygen atoms in total. The molecule has 0 saturated heterocycles. The van der Waals surface area contributed by atoms with Crippen LogP contribution >= 0.6 is 11.6 Å². The predicted molar refractivity (Wildman–Crippen MR) is 50.0 cm³/mol. The maximum atomic E-state index is 13.3. The summed E-state index contributed by atoms with van der Waals surface area (Å²) in [4.78, 5) is 0. The van der Waals surface area contributed by atoms with Gasteiger partial charge in [0.05, 0.1) is 0 Å². The third kappa shape index (κ3) is 2.20. The van der Waals surface area contributed by atoms with E-state index in [2.05, 4.69) is 0 Å². The molecule has 14 heavy (non-hydrogen) atoms. The van der Waals surface area contributed by atoms with Gasteiger partial charge in [-0.25, -0.2) is 8.78 Å². The minimum Gasteiger partial charge on any atom is -0.396 e. The fourth-order valence-electron chi connectivity index (χ4n) is 1.12. The van der Waals surface area contributed by atoms with Gasteiger partial charge in [-0.05, 0) is 12.5 Å². The second-order valence-corrected chi connectivity index (χ2v) is 3.26. The van der Waals surface area contributed by atoms with Crippen molar-refractivity contribution in [2.75, 3.05) is 6.61 Å². The molecule has 0 aliphatic rings.